The van der Waals surface area contributed by atoms with E-state index in [9.17, 15) is 24.4 Å². The second kappa shape index (κ2) is 14.4. The van der Waals surface area contributed by atoms with Gasteiger partial charge in [0.15, 0.2) is 11.5 Å². The van der Waals surface area contributed by atoms with Crippen LogP contribution in [0.5, 0.6) is 11.5 Å². The molecule has 0 saturated carbocycles. The minimum Gasteiger partial charge on any atom is -0.493 e. The van der Waals surface area contributed by atoms with Crippen LogP contribution in [0.25, 0.3) is 6.08 Å². The first kappa shape index (κ1) is 31.9. The van der Waals surface area contributed by atoms with Crippen LogP contribution >= 0.6 is 46.0 Å². The number of carbonyl (C=O) groups excluding carboxylic acids is 4. The molecular formula is C30H23ClIN3O7S. The van der Waals surface area contributed by atoms with Crippen molar-refractivity contribution in [2.45, 2.75) is 13.5 Å². The van der Waals surface area contributed by atoms with Gasteiger partial charge in [0, 0.05) is 11.3 Å². The van der Waals surface area contributed by atoms with Crippen LogP contribution in [0.1, 0.15) is 34.0 Å². The summed E-state index contributed by atoms with van der Waals surface area (Å²) in [6, 6.07) is 17.0. The SMILES string of the molecule is CCOC(=O)c1cc(NC(=O)CN2C(=O)S/C(=C/c3cc(I)c(OCc4ccccc4C#N)c(OC)c3)C2=O)ccc1Cl. The number of ether oxygens (including phenoxy) is 3. The number of hydrogen-bond acceptors (Lipinski definition) is 9. The van der Waals surface area contributed by atoms with Crippen LogP contribution in [0, 0.1) is 14.9 Å². The van der Waals surface area contributed by atoms with Crippen molar-refractivity contribution in [3.8, 4) is 17.6 Å². The first-order valence-corrected chi connectivity index (χ1v) is 14.9. The van der Waals surface area contributed by atoms with E-state index in [0.29, 0.717) is 38.0 Å². The monoisotopic (exact) mass is 731 g/mol. The highest BCUT2D eigenvalue weighted by Crippen LogP contribution is 2.38. The van der Waals surface area contributed by atoms with E-state index in [2.05, 4.69) is 34.0 Å². The van der Waals surface area contributed by atoms with Crippen LogP contribution < -0.4 is 14.8 Å². The topological polar surface area (TPSA) is 135 Å². The Balaban J connectivity index is 1.46. The quantitative estimate of drug-likeness (QED) is 0.146. The van der Waals surface area contributed by atoms with Crippen LogP contribution in [-0.4, -0.2) is 48.2 Å². The van der Waals surface area contributed by atoms with E-state index in [1.165, 1.54) is 31.4 Å². The van der Waals surface area contributed by atoms with Crippen LogP contribution in [0.15, 0.2) is 59.5 Å². The van der Waals surface area contributed by atoms with Gasteiger partial charge in [0.05, 0.1) is 44.4 Å². The molecule has 4 rings (SSSR count). The second-order valence-corrected chi connectivity index (χ2v) is 11.4. The maximum Gasteiger partial charge on any atom is 0.339 e. The first-order chi connectivity index (χ1) is 20.6. The van der Waals surface area contributed by atoms with E-state index < -0.39 is 29.6 Å². The Morgan fingerprint density at radius 3 is 2.65 bits per heavy atom. The van der Waals surface area contributed by atoms with Crippen molar-refractivity contribution >= 4 is 80.7 Å². The van der Waals surface area contributed by atoms with Gasteiger partial charge in [-0.05, 0) is 89.3 Å². The number of nitrogens with one attached hydrogen (secondary N) is 1. The zero-order valence-corrected chi connectivity index (χ0v) is 26.5. The van der Waals surface area contributed by atoms with E-state index in [0.717, 1.165) is 10.5 Å². The molecule has 10 nitrogen and oxygen atoms in total. The number of anilines is 1. The Kier molecular flexibility index (Phi) is 10.7. The number of benzene rings is 3. The minimum atomic E-state index is -0.644. The van der Waals surface area contributed by atoms with Crippen molar-refractivity contribution in [2.24, 2.45) is 0 Å². The largest absolute Gasteiger partial charge is 0.493 e. The van der Waals surface area contributed by atoms with Gasteiger partial charge in [0.25, 0.3) is 11.1 Å². The third-order valence-electron chi connectivity index (χ3n) is 5.98. The van der Waals surface area contributed by atoms with Gasteiger partial charge in [0.2, 0.25) is 5.91 Å². The Labute approximate surface area is 270 Å². The molecule has 13 heteroatoms. The second-order valence-electron chi connectivity index (χ2n) is 8.82. The predicted octanol–water partition coefficient (Wildman–Crippen LogP) is 6.26. The van der Waals surface area contributed by atoms with Crippen molar-refractivity contribution in [1.82, 2.24) is 4.90 Å². The minimum absolute atomic E-state index is 0.0730. The Morgan fingerprint density at radius 2 is 1.93 bits per heavy atom. The molecule has 220 valence electrons. The summed E-state index contributed by atoms with van der Waals surface area (Å²) < 4.78 is 17.1. The molecule has 0 aromatic heterocycles. The lowest BCUT2D eigenvalue weighted by atomic mass is 10.1. The molecule has 1 aliphatic rings. The van der Waals surface area contributed by atoms with Crippen LogP contribution in [-0.2, 0) is 20.9 Å². The fourth-order valence-electron chi connectivity index (χ4n) is 3.97. The molecule has 0 unspecified atom stereocenters. The van der Waals surface area contributed by atoms with Crippen molar-refractivity contribution in [2.75, 3.05) is 25.6 Å². The van der Waals surface area contributed by atoms with E-state index in [4.69, 9.17) is 25.8 Å². The third-order valence-corrected chi connectivity index (χ3v) is 8.02. The number of esters is 1. The highest BCUT2D eigenvalue weighted by Gasteiger charge is 2.36. The van der Waals surface area contributed by atoms with E-state index in [1.807, 2.05) is 6.07 Å². The summed E-state index contributed by atoms with van der Waals surface area (Å²) in [5.41, 5.74) is 2.13. The van der Waals surface area contributed by atoms with Gasteiger partial charge >= 0.3 is 5.97 Å². The summed E-state index contributed by atoms with van der Waals surface area (Å²) in [7, 11) is 1.48. The maximum absolute atomic E-state index is 13.1. The summed E-state index contributed by atoms with van der Waals surface area (Å²) in [6.45, 7) is 1.43. The molecular weight excluding hydrogens is 709 g/mol. The Bertz CT molecular complexity index is 1690. The number of imide groups is 1. The molecule has 1 N–H and O–H groups in total. The zero-order chi connectivity index (χ0) is 31.1. The number of amides is 3. The molecule has 1 saturated heterocycles. The third kappa shape index (κ3) is 7.67. The number of nitrogens with zero attached hydrogens (tertiary/aromatic N) is 2. The normalized spacial score (nSPS) is 13.6. The summed E-state index contributed by atoms with van der Waals surface area (Å²) in [5.74, 6) is -1.05. The van der Waals surface area contributed by atoms with E-state index in [1.54, 1.807) is 37.3 Å². The first-order valence-electron chi connectivity index (χ1n) is 12.6. The molecule has 0 bridgehead atoms. The molecule has 1 heterocycles. The van der Waals surface area contributed by atoms with Gasteiger partial charge in [-0.1, -0.05) is 29.8 Å². The summed E-state index contributed by atoms with van der Waals surface area (Å²) in [5, 5.41) is 11.5. The molecule has 3 aromatic carbocycles. The van der Waals surface area contributed by atoms with Crippen LogP contribution in [0.4, 0.5) is 10.5 Å². The van der Waals surface area contributed by atoms with Crippen molar-refractivity contribution in [3.63, 3.8) is 0 Å². The van der Waals surface area contributed by atoms with Crippen LogP contribution in [0.2, 0.25) is 5.02 Å². The molecule has 3 amide bonds. The average Bonchev–Trinajstić information content (AvgIpc) is 3.24. The summed E-state index contributed by atoms with van der Waals surface area (Å²) >= 11 is 8.85. The van der Waals surface area contributed by atoms with E-state index >= 15 is 0 Å². The van der Waals surface area contributed by atoms with Gasteiger partial charge < -0.3 is 19.5 Å². The fraction of sp³-hybridized carbons (Fsp3) is 0.167. The molecule has 0 radical (unpaired) electrons. The molecule has 1 fully saturated rings. The molecule has 1 aliphatic heterocycles. The predicted molar refractivity (Wildman–Crippen MR) is 170 cm³/mol. The van der Waals surface area contributed by atoms with Gasteiger partial charge in [-0.15, -0.1) is 0 Å². The number of nitriles is 1. The van der Waals surface area contributed by atoms with E-state index in [-0.39, 0.29) is 34.4 Å². The lowest BCUT2D eigenvalue weighted by Gasteiger charge is -2.14. The zero-order valence-electron chi connectivity index (χ0n) is 22.8. The number of hydrogen-bond donors (Lipinski definition) is 1. The maximum atomic E-state index is 13.1. The van der Waals surface area contributed by atoms with Crippen molar-refractivity contribution in [3.05, 3.63) is 90.3 Å². The number of methoxy groups -OCH3 is 1. The number of carbonyl (C=O) groups is 4. The van der Waals surface area contributed by atoms with Gasteiger partial charge in [-0.3, -0.25) is 19.3 Å². The average molecular weight is 732 g/mol. The number of thioether (sulfide) groups is 1. The number of rotatable bonds is 10. The smallest absolute Gasteiger partial charge is 0.339 e. The van der Waals surface area contributed by atoms with Crippen molar-refractivity contribution in [1.29, 1.82) is 5.26 Å². The van der Waals surface area contributed by atoms with Gasteiger partial charge in [-0.2, -0.15) is 5.26 Å². The highest BCUT2D eigenvalue weighted by atomic mass is 127. The molecule has 43 heavy (non-hydrogen) atoms. The molecule has 0 atom stereocenters. The van der Waals surface area contributed by atoms with Gasteiger partial charge in [-0.25, -0.2) is 4.79 Å². The van der Waals surface area contributed by atoms with Crippen LogP contribution in [0.3, 0.4) is 0 Å². The van der Waals surface area contributed by atoms with Crippen molar-refractivity contribution < 1.29 is 33.4 Å². The molecule has 3 aromatic rings. The highest BCUT2D eigenvalue weighted by molar-refractivity contribution is 14.1. The number of halogens is 2. The Hall–Kier alpha value is -4.06. The summed E-state index contributed by atoms with van der Waals surface area (Å²) in [6.07, 6.45) is 1.53. The van der Waals surface area contributed by atoms with Gasteiger partial charge in [0.1, 0.15) is 13.2 Å². The lowest BCUT2D eigenvalue weighted by Crippen LogP contribution is -2.36. The standard InChI is InChI=1S/C30H23ClIN3O7S/c1-3-41-29(38)21-13-20(8-9-22(21)31)34-26(36)15-35-28(37)25(43-30(35)39)12-17-10-23(32)27(24(11-17)40-2)42-16-19-7-5-4-6-18(19)14-33/h4-13H,3,15-16H2,1-2H3,(H,34,36)/b25-12+. The summed E-state index contributed by atoms with van der Waals surface area (Å²) in [4.78, 5) is 51.5. The lowest BCUT2D eigenvalue weighted by molar-refractivity contribution is -0.127. The molecule has 0 spiro atoms. The molecule has 0 aliphatic carbocycles. The fourth-order valence-corrected chi connectivity index (χ4v) is 5.78. The Morgan fingerprint density at radius 1 is 1.16 bits per heavy atom.